The molecule has 6 heteroatoms. The Kier molecular flexibility index (Phi) is 5.87. The summed E-state index contributed by atoms with van der Waals surface area (Å²) in [5.41, 5.74) is 0.531. The lowest BCUT2D eigenvalue weighted by Crippen LogP contribution is -2.41. The first-order valence-electron chi connectivity index (χ1n) is 7.93. The van der Waals surface area contributed by atoms with E-state index in [1.807, 2.05) is 42.3 Å². The zero-order chi connectivity index (χ0) is 17.6. The van der Waals surface area contributed by atoms with Gasteiger partial charge in [-0.25, -0.2) is 4.98 Å². The van der Waals surface area contributed by atoms with Gasteiger partial charge in [0.25, 0.3) is 5.91 Å². The number of amides is 1. The van der Waals surface area contributed by atoms with E-state index in [0.717, 1.165) is 30.0 Å². The van der Waals surface area contributed by atoms with Gasteiger partial charge in [-0.15, -0.1) is 0 Å². The molecule has 2 heterocycles. The monoisotopic (exact) mass is 328 g/mol. The molecule has 0 radical (unpaired) electrons. The van der Waals surface area contributed by atoms with Crippen molar-refractivity contribution in [3.8, 4) is 0 Å². The predicted octanol–water partition coefficient (Wildman–Crippen LogP) is 1.54. The van der Waals surface area contributed by atoms with Gasteiger partial charge < -0.3 is 15.3 Å². The first-order valence-corrected chi connectivity index (χ1v) is 7.93. The fraction of sp³-hybridized carbons (Fsp3) is 0.389. The molecule has 2 aromatic heterocycles. The van der Waals surface area contributed by atoms with E-state index >= 15 is 0 Å². The Morgan fingerprint density at radius 3 is 2.62 bits per heavy atom. The summed E-state index contributed by atoms with van der Waals surface area (Å²) in [6.07, 6.45) is 4.32. The Morgan fingerprint density at radius 2 is 1.96 bits per heavy atom. The van der Waals surface area contributed by atoms with Gasteiger partial charge in [-0.1, -0.05) is 12.1 Å². The number of rotatable bonds is 7. The molecular formula is C18H24N4O2. The molecule has 0 saturated heterocycles. The Morgan fingerprint density at radius 1 is 1.21 bits per heavy atom. The summed E-state index contributed by atoms with van der Waals surface area (Å²) in [5, 5.41) is 12.4. The van der Waals surface area contributed by atoms with E-state index in [1.165, 1.54) is 13.8 Å². The third kappa shape index (κ3) is 5.03. The van der Waals surface area contributed by atoms with Gasteiger partial charge in [0.1, 0.15) is 11.4 Å². The highest BCUT2D eigenvalue weighted by molar-refractivity contribution is 5.83. The minimum Gasteiger partial charge on any atom is -0.381 e. The van der Waals surface area contributed by atoms with Gasteiger partial charge in [-0.3, -0.25) is 9.78 Å². The lowest BCUT2D eigenvalue weighted by Gasteiger charge is -2.22. The lowest BCUT2D eigenvalue weighted by atomic mass is 10.1. The molecule has 24 heavy (non-hydrogen) atoms. The number of carbonyl (C=O) groups is 1. The summed E-state index contributed by atoms with van der Waals surface area (Å²) >= 11 is 0. The zero-order valence-electron chi connectivity index (χ0n) is 14.4. The molecule has 0 bridgehead atoms. The molecule has 0 spiro atoms. The van der Waals surface area contributed by atoms with Crippen molar-refractivity contribution in [1.82, 2.24) is 15.3 Å². The number of nitrogens with one attached hydrogen (secondary N) is 1. The van der Waals surface area contributed by atoms with Crippen LogP contribution in [0.1, 0.15) is 25.1 Å². The van der Waals surface area contributed by atoms with Crippen molar-refractivity contribution in [1.29, 1.82) is 0 Å². The molecule has 0 aliphatic heterocycles. The predicted molar refractivity (Wildman–Crippen MR) is 93.6 cm³/mol. The van der Waals surface area contributed by atoms with Crippen molar-refractivity contribution in [2.45, 2.75) is 32.4 Å². The highest BCUT2D eigenvalue weighted by atomic mass is 16.3. The fourth-order valence-corrected chi connectivity index (χ4v) is 2.24. The van der Waals surface area contributed by atoms with E-state index < -0.39 is 11.5 Å². The molecule has 0 aliphatic carbocycles. The van der Waals surface area contributed by atoms with E-state index in [4.69, 9.17) is 0 Å². The third-order valence-corrected chi connectivity index (χ3v) is 3.65. The van der Waals surface area contributed by atoms with Crippen LogP contribution in [-0.2, 0) is 17.8 Å². The van der Waals surface area contributed by atoms with Gasteiger partial charge in [0.05, 0.1) is 0 Å². The summed E-state index contributed by atoms with van der Waals surface area (Å²) in [6.45, 7) is 4.01. The maximum absolute atomic E-state index is 11.8. The van der Waals surface area contributed by atoms with Crippen molar-refractivity contribution >= 4 is 11.7 Å². The summed E-state index contributed by atoms with van der Waals surface area (Å²) in [5.74, 6) is 0.401. The Bertz CT molecular complexity index is 668. The van der Waals surface area contributed by atoms with Crippen LogP contribution in [0.5, 0.6) is 0 Å². The number of anilines is 1. The van der Waals surface area contributed by atoms with Gasteiger partial charge >= 0.3 is 0 Å². The van der Waals surface area contributed by atoms with E-state index in [2.05, 4.69) is 15.3 Å². The smallest absolute Gasteiger partial charge is 0.251 e. The highest BCUT2D eigenvalue weighted by Gasteiger charge is 2.23. The van der Waals surface area contributed by atoms with E-state index in [9.17, 15) is 9.90 Å². The van der Waals surface area contributed by atoms with Crippen LogP contribution in [0.3, 0.4) is 0 Å². The summed E-state index contributed by atoms with van der Waals surface area (Å²) in [4.78, 5) is 22.6. The molecule has 0 unspecified atom stereocenters. The van der Waals surface area contributed by atoms with Gasteiger partial charge in [0.2, 0.25) is 0 Å². The van der Waals surface area contributed by atoms with Crippen molar-refractivity contribution in [3.05, 3.63) is 54.0 Å². The van der Waals surface area contributed by atoms with Gasteiger partial charge in [0.15, 0.2) is 0 Å². The standard InChI is InChI=1S/C18H24N4O2/c1-18(2,24)17(23)21-13-14-7-6-11-20-16(14)22(3)12-9-15-8-4-5-10-19-15/h4-8,10-11,24H,9,12-13H2,1-3H3,(H,21,23). The molecule has 1 amide bonds. The van der Waals surface area contributed by atoms with Crippen LogP contribution in [0.25, 0.3) is 0 Å². The molecule has 2 aromatic rings. The normalized spacial score (nSPS) is 11.2. The molecule has 0 atom stereocenters. The number of pyridine rings is 2. The third-order valence-electron chi connectivity index (χ3n) is 3.65. The Labute approximate surface area is 142 Å². The highest BCUT2D eigenvalue weighted by Crippen LogP contribution is 2.16. The molecular weight excluding hydrogens is 304 g/mol. The number of aromatic nitrogens is 2. The SMILES string of the molecule is CN(CCc1ccccn1)c1ncccc1CNC(=O)C(C)(C)O. The maximum Gasteiger partial charge on any atom is 0.251 e. The van der Waals surface area contributed by atoms with Crippen LogP contribution in [0.15, 0.2) is 42.7 Å². The summed E-state index contributed by atoms with van der Waals surface area (Å²) in [6, 6.07) is 9.62. The number of aliphatic hydroxyl groups is 1. The largest absolute Gasteiger partial charge is 0.381 e. The van der Waals surface area contributed by atoms with E-state index in [1.54, 1.807) is 12.4 Å². The van der Waals surface area contributed by atoms with Crippen LogP contribution < -0.4 is 10.2 Å². The molecule has 0 aliphatic rings. The Balaban J connectivity index is 2.00. The molecule has 0 aromatic carbocycles. The molecule has 2 N–H and O–H groups in total. The second-order valence-corrected chi connectivity index (χ2v) is 6.22. The van der Waals surface area contributed by atoms with Gasteiger partial charge in [0, 0.05) is 50.2 Å². The first kappa shape index (κ1) is 17.9. The minimum absolute atomic E-state index is 0.319. The number of hydrogen-bond donors (Lipinski definition) is 2. The summed E-state index contributed by atoms with van der Waals surface area (Å²) < 4.78 is 0. The average Bonchev–Trinajstić information content (AvgIpc) is 2.58. The average molecular weight is 328 g/mol. The fourth-order valence-electron chi connectivity index (χ4n) is 2.24. The Hall–Kier alpha value is -2.47. The number of nitrogens with zero attached hydrogens (tertiary/aromatic N) is 3. The minimum atomic E-state index is -1.40. The number of hydrogen-bond acceptors (Lipinski definition) is 5. The van der Waals surface area contributed by atoms with Crippen LogP contribution in [0.4, 0.5) is 5.82 Å². The van der Waals surface area contributed by atoms with Crippen LogP contribution in [0.2, 0.25) is 0 Å². The molecule has 6 nitrogen and oxygen atoms in total. The van der Waals surface area contributed by atoms with Crippen molar-refractivity contribution in [2.75, 3.05) is 18.5 Å². The van der Waals surface area contributed by atoms with Crippen molar-refractivity contribution in [3.63, 3.8) is 0 Å². The maximum atomic E-state index is 11.8. The zero-order valence-corrected chi connectivity index (χ0v) is 14.4. The molecule has 0 fully saturated rings. The number of carbonyl (C=O) groups excluding carboxylic acids is 1. The van der Waals surface area contributed by atoms with Gasteiger partial charge in [-0.05, 0) is 32.0 Å². The molecule has 2 rings (SSSR count). The van der Waals surface area contributed by atoms with Crippen molar-refractivity contribution in [2.24, 2.45) is 0 Å². The van der Waals surface area contributed by atoms with E-state index in [-0.39, 0.29) is 0 Å². The van der Waals surface area contributed by atoms with Crippen LogP contribution >= 0.6 is 0 Å². The first-order chi connectivity index (χ1) is 11.4. The van der Waals surface area contributed by atoms with Gasteiger partial charge in [-0.2, -0.15) is 0 Å². The van der Waals surface area contributed by atoms with Crippen LogP contribution in [0, 0.1) is 0 Å². The van der Waals surface area contributed by atoms with Crippen molar-refractivity contribution < 1.29 is 9.90 Å². The second kappa shape index (κ2) is 7.88. The molecule has 0 saturated carbocycles. The topological polar surface area (TPSA) is 78.4 Å². The number of likely N-dealkylation sites (N-methyl/N-ethyl adjacent to an activating group) is 1. The van der Waals surface area contributed by atoms with Crippen LogP contribution in [-0.4, -0.2) is 40.2 Å². The quantitative estimate of drug-likeness (QED) is 0.806. The molecule has 128 valence electrons. The lowest BCUT2D eigenvalue weighted by molar-refractivity contribution is -0.136. The van der Waals surface area contributed by atoms with E-state index in [0.29, 0.717) is 6.54 Å². The summed E-state index contributed by atoms with van der Waals surface area (Å²) in [7, 11) is 1.96. The second-order valence-electron chi connectivity index (χ2n) is 6.22.